The van der Waals surface area contributed by atoms with E-state index in [4.69, 9.17) is 17.0 Å². The third-order valence-electron chi connectivity index (χ3n) is 3.30. The van der Waals surface area contributed by atoms with Gasteiger partial charge in [-0.05, 0) is 31.9 Å². The molecule has 0 spiro atoms. The highest BCUT2D eigenvalue weighted by Gasteiger charge is 2.25. The summed E-state index contributed by atoms with van der Waals surface area (Å²) in [5, 5.41) is 11.7. The molecule has 1 aromatic carbocycles. The number of ketones is 1. The van der Waals surface area contributed by atoms with Crippen LogP contribution in [0.5, 0.6) is 0 Å². The number of rotatable bonds is 2. The first kappa shape index (κ1) is 13.8. The average Bonchev–Trinajstić information content (AvgIpc) is 2.37. The summed E-state index contributed by atoms with van der Waals surface area (Å²) in [6.07, 6.45) is 1.92. The van der Waals surface area contributed by atoms with Crippen molar-refractivity contribution in [2.45, 2.75) is 26.2 Å². The van der Waals surface area contributed by atoms with Crippen LogP contribution in [0.15, 0.2) is 23.8 Å². The topological polar surface area (TPSA) is 53.0 Å². The first-order valence-electron chi connectivity index (χ1n) is 6.34. The highest BCUT2D eigenvalue weighted by molar-refractivity contribution is 6.34. The van der Waals surface area contributed by atoms with Gasteiger partial charge in [0, 0.05) is 29.8 Å². The van der Waals surface area contributed by atoms with Crippen LogP contribution in [0.3, 0.4) is 0 Å². The number of nitrogens with one attached hydrogen (secondary N) is 2. The van der Waals surface area contributed by atoms with Crippen molar-refractivity contribution in [1.82, 2.24) is 5.32 Å². The van der Waals surface area contributed by atoms with E-state index in [9.17, 15) is 4.79 Å². The summed E-state index contributed by atoms with van der Waals surface area (Å²) in [4.78, 5) is 12.1. The molecule has 19 heavy (non-hydrogen) atoms. The fourth-order valence-corrected chi connectivity index (χ4v) is 2.57. The Labute approximate surface area is 118 Å². The van der Waals surface area contributed by atoms with Crippen LogP contribution in [-0.4, -0.2) is 18.5 Å². The van der Waals surface area contributed by atoms with E-state index in [2.05, 4.69) is 5.32 Å². The van der Waals surface area contributed by atoms with Gasteiger partial charge in [-0.1, -0.05) is 23.2 Å². The van der Waals surface area contributed by atoms with Gasteiger partial charge < -0.3 is 10.7 Å². The number of aryl methyl sites for hydroxylation is 1. The fraction of sp³-hybridized carbons (Fsp3) is 0.333. The molecule has 1 fully saturated rings. The lowest BCUT2D eigenvalue weighted by atomic mass is 9.88. The number of halogens is 1. The molecule has 2 rings (SSSR count). The molecule has 4 heteroatoms. The quantitative estimate of drug-likeness (QED) is 0.814. The van der Waals surface area contributed by atoms with E-state index in [1.165, 1.54) is 0 Å². The molecule has 3 nitrogen and oxygen atoms in total. The molecule has 0 atom stereocenters. The first-order chi connectivity index (χ1) is 9.04. The predicted molar refractivity (Wildman–Crippen MR) is 78.8 cm³/mol. The molecule has 1 saturated carbocycles. The van der Waals surface area contributed by atoms with Gasteiger partial charge in [0.25, 0.3) is 0 Å². The lowest BCUT2D eigenvalue weighted by Crippen LogP contribution is -2.23. The molecule has 100 valence electrons. The Balaban J connectivity index is 2.63. The second-order valence-electron chi connectivity index (χ2n) is 4.74. The van der Waals surface area contributed by atoms with Gasteiger partial charge in [-0.2, -0.15) is 0 Å². The number of carbonyl (C=O) groups excluding carboxylic acids is 1. The van der Waals surface area contributed by atoms with Crippen molar-refractivity contribution >= 4 is 28.8 Å². The minimum Gasteiger partial charge on any atom is -0.387 e. The van der Waals surface area contributed by atoms with Gasteiger partial charge in [0.15, 0.2) is 5.78 Å². The lowest BCUT2D eigenvalue weighted by Gasteiger charge is -2.20. The zero-order valence-electron chi connectivity index (χ0n) is 11.1. The van der Waals surface area contributed by atoms with Crippen molar-refractivity contribution in [3.8, 4) is 0 Å². The minimum absolute atomic E-state index is 0.0261. The molecule has 1 aromatic rings. The highest BCUT2D eigenvalue weighted by atomic mass is 35.5. The molecule has 0 bridgehead atoms. The van der Waals surface area contributed by atoms with E-state index < -0.39 is 0 Å². The number of benzene rings is 1. The second kappa shape index (κ2) is 5.57. The van der Waals surface area contributed by atoms with Crippen molar-refractivity contribution in [2.24, 2.45) is 0 Å². The summed E-state index contributed by atoms with van der Waals surface area (Å²) in [5.74, 6) is 0.0261. The summed E-state index contributed by atoms with van der Waals surface area (Å²) in [5.41, 5.74) is 3.42. The van der Waals surface area contributed by atoms with Gasteiger partial charge in [-0.25, -0.2) is 0 Å². The minimum atomic E-state index is 0.0261. The van der Waals surface area contributed by atoms with Gasteiger partial charge in [0.05, 0.1) is 11.3 Å². The van der Waals surface area contributed by atoms with E-state index in [1.54, 1.807) is 7.05 Å². The molecule has 1 aliphatic carbocycles. The Kier molecular flexibility index (Phi) is 4.05. The van der Waals surface area contributed by atoms with Gasteiger partial charge in [-0.3, -0.25) is 4.79 Å². The molecule has 0 aromatic heterocycles. The Hall–Kier alpha value is -1.61. The van der Waals surface area contributed by atoms with E-state index in [-0.39, 0.29) is 5.78 Å². The summed E-state index contributed by atoms with van der Waals surface area (Å²) < 4.78 is 0. The van der Waals surface area contributed by atoms with Crippen LogP contribution in [0.25, 0.3) is 5.70 Å². The third-order valence-corrected chi connectivity index (χ3v) is 3.63. The van der Waals surface area contributed by atoms with Crippen molar-refractivity contribution in [1.29, 1.82) is 5.41 Å². The van der Waals surface area contributed by atoms with Crippen LogP contribution in [0, 0.1) is 12.3 Å². The lowest BCUT2D eigenvalue weighted by molar-refractivity contribution is -0.115. The smallest absolute Gasteiger partial charge is 0.166 e. The summed E-state index contributed by atoms with van der Waals surface area (Å²) in [6.45, 7) is 1.98. The number of carbonyl (C=O) groups is 1. The monoisotopic (exact) mass is 276 g/mol. The van der Waals surface area contributed by atoms with Crippen LogP contribution < -0.4 is 5.32 Å². The molecule has 0 radical (unpaired) electrons. The summed E-state index contributed by atoms with van der Waals surface area (Å²) in [6, 6.07) is 5.69. The molecule has 0 aliphatic heterocycles. The van der Waals surface area contributed by atoms with Crippen LogP contribution in [0.2, 0.25) is 5.02 Å². The molecular formula is C15H17ClN2O. The van der Waals surface area contributed by atoms with Crippen molar-refractivity contribution in [3.63, 3.8) is 0 Å². The number of Topliss-reactive ketones (excluding diaryl/α,β-unsaturated/α-hetero) is 1. The van der Waals surface area contributed by atoms with Crippen molar-refractivity contribution in [2.75, 3.05) is 7.05 Å². The zero-order chi connectivity index (χ0) is 14.0. The van der Waals surface area contributed by atoms with Gasteiger partial charge >= 0.3 is 0 Å². The van der Waals surface area contributed by atoms with E-state index in [1.807, 2.05) is 25.1 Å². The van der Waals surface area contributed by atoms with Gasteiger partial charge in [0.2, 0.25) is 0 Å². The van der Waals surface area contributed by atoms with Crippen LogP contribution in [0.1, 0.15) is 30.4 Å². The molecule has 0 heterocycles. The molecule has 2 N–H and O–H groups in total. The molecular weight excluding hydrogens is 260 g/mol. The normalized spacial score (nSPS) is 18.5. The van der Waals surface area contributed by atoms with Gasteiger partial charge in [0.1, 0.15) is 0 Å². The predicted octanol–water partition coefficient (Wildman–Crippen LogP) is 3.35. The first-order valence-corrected chi connectivity index (χ1v) is 6.72. The zero-order valence-corrected chi connectivity index (χ0v) is 11.9. The maximum absolute atomic E-state index is 12.1. The summed E-state index contributed by atoms with van der Waals surface area (Å²) >= 11 is 6.23. The average molecular weight is 277 g/mol. The van der Waals surface area contributed by atoms with Crippen LogP contribution in [-0.2, 0) is 4.79 Å². The Morgan fingerprint density at radius 1 is 1.37 bits per heavy atom. The second-order valence-corrected chi connectivity index (χ2v) is 5.15. The Morgan fingerprint density at radius 3 is 2.74 bits per heavy atom. The molecule has 0 saturated heterocycles. The maximum Gasteiger partial charge on any atom is 0.166 e. The summed E-state index contributed by atoms with van der Waals surface area (Å²) in [7, 11) is 1.76. The van der Waals surface area contributed by atoms with E-state index in [0.717, 1.165) is 17.5 Å². The molecule has 1 aliphatic rings. The van der Waals surface area contributed by atoms with Crippen molar-refractivity contribution in [3.05, 3.63) is 39.9 Å². The molecule has 0 amide bonds. The van der Waals surface area contributed by atoms with E-state index >= 15 is 0 Å². The highest BCUT2D eigenvalue weighted by Crippen LogP contribution is 2.29. The van der Waals surface area contributed by atoms with Crippen LogP contribution in [0.4, 0.5) is 0 Å². The standard InChI is InChI=1S/C15H17ClN2O/c1-9-6-7-11(16)10(8-9)15(18-2)14-12(17)4-3-5-13(14)19/h6-8,17-18H,3-5H2,1-2H3/b15-14+,17-12?. The number of hydrogen-bond donors (Lipinski definition) is 2. The molecule has 0 unspecified atom stereocenters. The number of allylic oxidation sites excluding steroid dienone is 1. The van der Waals surface area contributed by atoms with Crippen molar-refractivity contribution < 1.29 is 4.79 Å². The Morgan fingerprint density at radius 2 is 2.11 bits per heavy atom. The maximum atomic E-state index is 12.1. The third kappa shape index (κ3) is 2.71. The fourth-order valence-electron chi connectivity index (χ4n) is 2.36. The van der Waals surface area contributed by atoms with E-state index in [0.29, 0.717) is 34.8 Å². The largest absolute Gasteiger partial charge is 0.387 e. The number of hydrogen-bond acceptors (Lipinski definition) is 3. The Bertz CT molecular complexity index is 558. The van der Waals surface area contributed by atoms with Crippen LogP contribution >= 0.6 is 11.6 Å². The SMILES string of the molecule is CN/C(=C1\C(=N)CCCC1=O)c1cc(C)ccc1Cl. The van der Waals surface area contributed by atoms with Gasteiger partial charge in [-0.15, -0.1) is 0 Å².